The Labute approximate surface area is 168 Å². The lowest BCUT2D eigenvalue weighted by Crippen LogP contribution is -2.27. The Morgan fingerprint density at radius 2 is 1.59 bits per heavy atom. The van der Waals surface area contributed by atoms with Gasteiger partial charge in [-0.25, -0.2) is 4.79 Å². The third kappa shape index (κ3) is 4.32. The second-order valence-corrected chi connectivity index (χ2v) is 7.49. The molecule has 0 spiro atoms. The van der Waals surface area contributed by atoms with E-state index in [1.807, 2.05) is 6.92 Å². The third-order valence-corrected chi connectivity index (χ3v) is 5.53. The van der Waals surface area contributed by atoms with Gasteiger partial charge in [0.05, 0.1) is 11.3 Å². The first-order valence-electron chi connectivity index (χ1n) is 8.47. The van der Waals surface area contributed by atoms with Crippen molar-refractivity contribution in [2.24, 2.45) is 0 Å². The zero-order valence-corrected chi connectivity index (χ0v) is 16.3. The van der Waals surface area contributed by atoms with Crippen LogP contribution in [0, 0.1) is 6.92 Å². The number of halogens is 3. The van der Waals surface area contributed by atoms with E-state index in [9.17, 15) is 27.9 Å². The molecule has 0 bridgehead atoms. The van der Waals surface area contributed by atoms with E-state index >= 15 is 0 Å². The fraction of sp³-hybridized carbons (Fsp3) is 0.143. The first-order chi connectivity index (χ1) is 13.6. The Kier molecular flexibility index (Phi) is 5.48. The van der Waals surface area contributed by atoms with Crippen LogP contribution in [0.5, 0.6) is 0 Å². The van der Waals surface area contributed by atoms with Crippen molar-refractivity contribution in [3.63, 3.8) is 0 Å². The van der Waals surface area contributed by atoms with Gasteiger partial charge in [0.2, 0.25) is 0 Å². The molecule has 1 aromatic heterocycles. The van der Waals surface area contributed by atoms with E-state index in [2.05, 4.69) is 0 Å². The van der Waals surface area contributed by atoms with Gasteiger partial charge in [-0.1, -0.05) is 29.8 Å². The molecule has 0 saturated carbocycles. The lowest BCUT2D eigenvalue weighted by Gasteiger charge is -2.17. The highest BCUT2D eigenvalue weighted by Crippen LogP contribution is 2.38. The molecule has 0 aliphatic carbocycles. The number of carboxylic acid groups (broad SMARTS) is 1. The number of carbonyl (C=O) groups excluding carboxylic acids is 1. The molecule has 1 heterocycles. The van der Waals surface area contributed by atoms with Crippen molar-refractivity contribution in [1.82, 2.24) is 0 Å². The maximum absolute atomic E-state index is 12.8. The minimum absolute atomic E-state index is 0.0668. The molecular formula is C21H16F3NO3S. The minimum atomic E-state index is -4.45. The predicted octanol–water partition coefficient (Wildman–Crippen LogP) is 5.72. The molecule has 4 nitrogen and oxygen atoms in total. The van der Waals surface area contributed by atoms with E-state index in [0.717, 1.165) is 29.0 Å². The van der Waals surface area contributed by atoms with Crippen LogP contribution >= 0.6 is 11.3 Å². The molecule has 3 rings (SSSR count). The van der Waals surface area contributed by atoms with Crippen LogP contribution < -0.4 is 4.90 Å². The fourth-order valence-electron chi connectivity index (χ4n) is 2.75. The summed E-state index contributed by atoms with van der Waals surface area (Å²) < 4.78 is 38.3. The SMILES string of the molecule is Cc1ccc(C(=O)N(C)c2cc(-c3ccc(C(F)(F)F)cc3)sc2C(=O)O)cc1. The number of benzene rings is 2. The Morgan fingerprint density at radius 3 is 2.10 bits per heavy atom. The molecular weight excluding hydrogens is 403 g/mol. The molecule has 0 aliphatic heterocycles. The summed E-state index contributed by atoms with van der Waals surface area (Å²) in [6, 6.07) is 12.8. The van der Waals surface area contributed by atoms with E-state index in [1.165, 1.54) is 30.1 Å². The normalized spacial score (nSPS) is 11.3. The number of hydrogen-bond donors (Lipinski definition) is 1. The van der Waals surface area contributed by atoms with Crippen molar-refractivity contribution in [2.45, 2.75) is 13.1 Å². The first kappa shape index (κ1) is 20.6. The van der Waals surface area contributed by atoms with E-state index < -0.39 is 17.7 Å². The number of thiophene rings is 1. The van der Waals surface area contributed by atoms with Crippen LogP contribution in [0.15, 0.2) is 54.6 Å². The maximum atomic E-state index is 12.8. The molecule has 1 amide bonds. The second-order valence-electron chi connectivity index (χ2n) is 6.44. The second kappa shape index (κ2) is 7.71. The number of carboxylic acids is 1. The first-order valence-corrected chi connectivity index (χ1v) is 9.29. The molecule has 29 heavy (non-hydrogen) atoms. The molecule has 0 fully saturated rings. The van der Waals surface area contributed by atoms with E-state index in [-0.39, 0.29) is 16.5 Å². The highest BCUT2D eigenvalue weighted by Gasteiger charge is 2.30. The van der Waals surface area contributed by atoms with Crippen LogP contribution in [-0.2, 0) is 6.18 Å². The van der Waals surface area contributed by atoms with Gasteiger partial charge in [0.1, 0.15) is 4.88 Å². The highest BCUT2D eigenvalue weighted by atomic mass is 32.1. The van der Waals surface area contributed by atoms with E-state index in [1.54, 1.807) is 24.3 Å². The van der Waals surface area contributed by atoms with E-state index in [0.29, 0.717) is 16.0 Å². The number of aryl methyl sites for hydroxylation is 1. The summed E-state index contributed by atoms with van der Waals surface area (Å²) in [6.07, 6.45) is -4.45. The summed E-state index contributed by atoms with van der Waals surface area (Å²) in [6.45, 7) is 1.88. The van der Waals surface area contributed by atoms with Crippen molar-refractivity contribution in [3.05, 3.63) is 76.2 Å². The predicted molar refractivity (Wildman–Crippen MR) is 106 cm³/mol. The van der Waals surface area contributed by atoms with Crippen molar-refractivity contribution in [1.29, 1.82) is 0 Å². The van der Waals surface area contributed by atoms with Gasteiger partial charge in [-0.3, -0.25) is 4.79 Å². The van der Waals surface area contributed by atoms with Gasteiger partial charge in [0.25, 0.3) is 5.91 Å². The monoisotopic (exact) mass is 419 g/mol. The molecule has 0 aliphatic rings. The average molecular weight is 419 g/mol. The van der Waals surface area contributed by atoms with Gasteiger partial charge >= 0.3 is 12.1 Å². The number of alkyl halides is 3. The molecule has 8 heteroatoms. The quantitative estimate of drug-likeness (QED) is 0.589. The summed E-state index contributed by atoms with van der Waals surface area (Å²) in [5.41, 5.74) is 1.21. The molecule has 0 saturated heterocycles. The van der Waals surface area contributed by atoms with Crippen LogP contribution in [0.1, 0.15) is 31.2 Å². The van der Waals surface area contributed by atoms with Gasteiger partial charge in [-0.15, -0.1) is 11.3 Å². The number of carbonyl (C=O) groups is 2. The molecule has 3 aromatic rings. The molecule has 1 N–H and O–H groups in total. The van der Waals surface area contributed by atoms with Gasteiger partial charge < -0.3 is 10.0 Å². The lowest BCUT2D eigenvalue weighted by molar-refractivity contribution is -0.137. The number of rotatable bonds is 4. The summed E-state index contributed by atoms with van der Waals surface area (Å²) in [4.78, 5) is 26.0. The van der Waals surface area contributed by atoms with E-state index in [4.69, 9.17) is 0 Å². The smallest absolute Gasteiger partial charge is 0.416 e. The van der Waals surface area contributed by atoms with Crippen molar-refractivity contribution < 1.29 is 27.9 Å². The summed E-state index contributed by atoms with van der Waals surface area (Å²) in [5.74, 6) is -1.60. The minimum Gasteiger partial charge on any atom is -0.477 e. The van der Waals surface area contributed by atoms with Crippen molar-refractivity contribution in [2.75, 3.05) is 11.9 Å². The molecule has 0 radical (unpaired) electrons. The van der Waals surface area contributed by atoms with Gasteiger partial charge in [0, 0.05) is 17.5 Å². The average Bonchev–Trinajstić information content (AvgIpc) is 3.12. The lowest BCUT2D eigenvalue weighted by atomic mass is 10.1. The topological polar surface area (TPSA) is 57.6 Å². The maximum Gasteiger partial charge on any atom is 0.416 e. The van der Waals surface area contributed by atoms with Crippen LogP contribution in [-0.4, -0.2) is 24.0 Å². The van der Waals surface area contributed by atoms with Crippen molar-refractivity contribution >= 4 is 28.9 Å². The number of nitrogens with zero attached hydrogens (tertiary/aromatic N) is 1. The highest BCUT2D eigenvalue weighted by molar-refractivity contribution is 7.18. The van der Waals surface area contributed by atoms with Gasteiger partial charge in [-0.2, -0.15) is 13.2 Å². The zero-order chi connectivity index (χ0) is 21.3. The number of amides is 1. The molecule has 150 valence electrons. The number of anilines is 1. The number of aromatic carboxylic acids is 1. The Morgan fingerprint density at radius 1 is 1.00 bits per heavy atom. The molecule has 2 aromatic carbocycles. The summed E-state index contributed by atoms with van der Waals surface area (Å²) in [7, 11) is 1.47. The molecule has 0 unspecified atom stereocenters. The van der Waals surface area contributed by atoms with Crippen LogP contribution in [0.25, 0.3) is 10.4 Å². The fourth-order valence-corrected chi connectivity index (χ4v) is 3.78. The Hall–Kier alpha value is -3.13. The van der Waals surface area contributed by atoms with Gasteiger partial charge in [0.15, 0.2) is 0 Å². The Bertz CT molecular complexity index is 1050. The van der Waals surface area contributed by atoms with Crippen LogP contribution in [0.3, 0.4) is 0 Å². The van der Waals surface area contributed by atoms with Crippen molar-refractivity contribution in [3.8, 4) is 10.4 Å². The zero-order valence-electron chi connectivity index (χ0n) is 15.4. The number of hydrogen-bond acceptors (Lipinski definition) is 3. The third-order valence-electron chi connectivity index (χ3n) is 4.37. The summed E-state index contributed by atoms with van der Waals surface area (Å²) in [5, 5.41) is 9.54. The molecule has 0 atom stereocenters. The standard InChI is InChI=1S/C21H16F3NO3S/c1-12-3-5-14(6-4-12)19(26)25(2)16-11-17(29-18(16)20(27)28)13-7-9-15(10-8-13)21(22,23)24/h3-11H,1-2H3,(H,27,28). The summed E-state index contributed by atoms with van der Waals surface area (Å²) >= 11 is 0.903. The largest absolute Gasteiger partial charge is 0.477 e. The Balaban J connectivity index is 1.97. The van der Waals surface area contributed by atoms with Gasteiger partial charge in [-0.05, 0) is 42.8 Å². The van der Waals surface area contributed by atoms with Crippen LogP contribution in [0.2, 0.25) is 0 Å². The van der Waals surface area contributed by atoms with Crippen LogP contribution in [0.4, 0.5) is 18.9 Å².